The Morgan fingerprint density at radius 2 is 2.47 bits per heavy atom. The fraction of sp³-hybridized carbons (Fsp3) is 0.500. The van der Waals surface area contributed by atoms with Crippen molar-refractivity contribution >= 4 is 11.8 Å². The molecule has 0 aliphatic carbocycles. The molecular formula is C10H13N3O2. The summed E-state index contributed by atoms with van der Waals surface area (Å²) < 4.78 is 0. The van der Waals surface area contributed by atoms with Crippen LogP contribution in [0.25, 0.3) is 0 Å². The minimum absolute atomic E-state index is 0.00241. The van der Waals surface area contributed by atoms with Gasteiger partial charge in [-0.25, -0.2) is 9.97 Å². The topological polar surface area (TPSA) is 66.3 Å². The molecule has 2 atom stereocenters. The number of anilines is 1. The molecule has 1 aromatic rings. The summed E-state index contributed by atoms with van der Waals surface area (Å²) in [4.78, 5) is 20.9. The minimum Gasteiger partial charge on any atom is -0.481 e. The summed E-state index contributed by atoms with van der Waals surface area (Å²) in [6, 6.07) is 1.80. The molecule has 1 saturated heterocycles. The van der Waals surface area contributed by atoms with E-state index in [1.54, 1.807) is 12.3 Å². The van der Waals surface area contributed by atoms with Gasteiger partial charge < -0.3 is 10.0 Å². The van der Waals surface area contributed by atoms with Crippen LogP contribution in [0.5, 0.6) is 0 Å². The van der Waals surface area contributed by atoms with E-state index in [2.05, 4.69) is 9.97 Å². The third kappa shape index (κ3) is 1.77. The molecule has 0 spiro atoms. The van der Waals surface area contributed by atoms with Gasteiger partial charge in [0.1, 0.15) is 12.1 Å². The first-order chi connectivity index (χ1) is 7.20. The monoisotopic (exact) mass is 207 g/mol. The van der Waals surface area contributed by atoms with E-state index in [0.717, 1.165) is 12.4 Å². The zero-order chi connectivity index (χ0) is 10.8. The van der Waals surface area contributed by atoms with E-state index in [1.165, 1.54) is 6.33 Å². The number of rotatable bonds is 2. The number of carboxylic acid groups (broad SMARTS) is 1. The Morgan fingerprint density at radius 3 is 3.00 bits per heavy atom. The van der Waals surface area contributed by atoms with Crippen LogP contribution in [0.4, 0.5) is 5.82 Å². The van der Waals surface area contributed by atoms with Gasteiger partial charge in [0.25, 0.3) is 0 Å². The number of carbonyl (C=O) groups is 1. The molecule has 1 N–H and O–H groups in total. The lowest BCUT2D eigenvalue weighted by Crippen LogP contribution is -2.33. The molecule has 2 rings (SSSR count). The minimum atomic E-state index is -0.723. The molecular weight excluding hydrogens is 194 g/mol. The van der Waals surface area contributed by atoms with Crippen molar-refractivity contribution in [2.75, 3.05) is 11.4 Å². The van der Waals surface area contributed by atoms with E-state index in [-0.39, 0.29) is 12.0 Å². The number of aromatic nitrogens is 2. The average molecular weight is 207 g/mol. The highest BCUT2D eigenvalue weighted by atomic mass is 16.4. The lowest BCUT2D eigenvalue weighted by Gasteiger charge is -2.23. The molecule has 5 heteroatoms. The van der Waals surface area contributed by atoms with Crippen LogP contribution in [0.3, 0.4) is 0 Å². The van der Waals surface area contributed by atoms with Gasteiger partial charge in [-0.2, -0.15) is 0 Å². The molecule has 0 amide bonds. The van der Waals surface area contributed by atoms with Gasteiger partial charge in [-0.3, -0.25) is 4.79 Å². The number of hydrogen-bond donors (Lipinski definition) is 1. The molecule has 1 aliphatic heterocycles. The fourth-order valence-corrected chi connectivity index (χ4v) is 2.05. The van der Waals surface area contributed by atoms with Crippen molar-refractivity contribution in [2.45, 2.75) is 19.4 Å². The normalized spacial score (nSPS) is 25.5. The molecule has 0 bridgehead atoms. The van der Waals surface area contributed by atoms with Gasteiger partial charge in [0.05, 0.1) is 5.92 Å². The highest BCUT2D eigenvalue weighted by Gasteiger charge is 2.36. The van der Waals surface area contributed by atoms with Crippen molar-refractivity contribution in [3.63, 3.8) is 0 Å². The molecule has 15 heavy (non-hydrogen) atoms. The van der Waals surface area contributed by atoms with Crippen molar-refractivity contribution in [3.05, 3.63) is 18.6 Å². The molecule has 0 radical (unpaired) electrons. The van der Waals surface area contributed by atoms with Crippen LogP contribution in [0, 0.1) is 5.92 Å². The van der Waals surface area contributed by atoms with Crippen molar-refractivity contribution in [2.24, 2.45) is 5.92 Å². The van der Waals surface area contributed by atoms with Crippen molar-refractivity contribution < 1.29 is 9.90 Å². The Kier molecular flexibility index (Phi) is 2.53. The molecule has 1 aromatic heterocycles. The second-order valence-corrected chi connectivity index (χ2v) is 3.73. The molecule has 0 saturated carbocycles. The smallest absolute Gasteiger partial charge is 0.308 e. The SMILES string of the molecule is C[C@@H]1[C@@H](C(=O)O)CCN1c1ccncn1. The van der Waals surface area contributed by atoms with E-state index in [9.17, 15) is 4.79 Å². The Labute approximate surface area is 87.8 Å². The van der Waals surface area contributed by atoms with Gasteiger partial charge in [0.15, 0.2) is 0 Å². The zero-order valence-corrected chi connectivity index (χ0v) is 8.50. The molecule has 1 fully saturated rings. The van der Waals surface area contributed by atoms with Crippen LogP contribution in [-0.4, -0.2) is 33.6 Å². The predicted molar refractivity (Wildman–Crippen MR) is 54.6 cm³/mol. The predicted octanol–water partition coefficient (Wildman–Crippen LogP) is 0.776. The third-order valence-corrected chi connectivity index (χ3v) is 2.93. The van der Waals surface area contributed by atoms with E-state index in [0.29, 0.717) is 6.42 Å². The van der Waals surface area contributed by atoms with Crippen molar-refractivity contribution in [3.8, 4) is 0 Å². The maximum absolute atomic E-state index is 10.9. The first-order valence-electron chi connectivity index (χ1n) is 4.95. The van der Waals surface area contributed by atoms with Crippen LogP contribution in [0.1, 0.15) is 13.3 Å². The average Bonchev–Trinajstić information content (AvgIpc) is 2.61. The van der Waals surface area contributed by atoms with E-state index in [4.69, 9.17) is 5.11 Å². The quantitative estimate of drug-likeness (QED) is 0.776. The second kappa shape index (κ2) is 3.84. The Bertz CT molecular complexity index is 355. The maximum Gasteiger partial charge on any atom is 0.308 e. The van der Waals surface area contributed by atoms with Crippen LogP contribution < -0.4 is 4.90 Å². The molecule has 80 valence electrons. The summed E-state index contributed by atoms with van der Waals surface area (Å²) in [5, 5.41) is 8.99. The first-order valence-corrected chi connectivity index (χ1v) is 4.95. The summed E-state index contributed by atoms with van der Waals surface area (Å²) in [5.74, 6) is -0.208. The molecule has 0 unspecified atom stereocenters. The van der Waals surface area contributed by atoms with Gasteiger partial charge in [-0.05, 0) is 19.4 Å². The van der Waals surface area contributed by atoms with Gasteiger partial charge >= 0.3 is 5.97 Å². The first kappa shape index (κ1) is 9.89. The number of nitrogens with zero attached hydrogens (tertiary/aromatic N) is 3. The van der Waals surface area contributed by atoms with Gasteiger partial charge in [0.2, 0.25) is 0 Å². The van der Waals surface area contributed by atoms with E-state index >= 15 is 0 Å². The van der Waals surface area contributed by atoms with E-state index in [1.807, 2.05) is 11.8 Å². The van der Waals surface area contributed by atoms with Gasteiger partial charge in [-0.1, -0.05) is 0 Å². The summed E-state index contributed by atoms with van der Waals surface area (Å²) in [5.41, 5.74) is 0. The molecule has 1 aliphatic rings. The highest BCUT2D eigenvalue weighted by Crippen LogP contribution is 2.27. The van der Waals surface area contributed by atoms with Crippen LogP contribution in [0.2, 0.25) is 0 Å². The lowest BCUT2D eigenvalue weighted by molar-refractivity contribution is -0.141. The fourth-order valence-electron chi connectivity index (χ4n) is 2.05. The number of aliphatic carboxylic acids is 1. The maximum atomic E-state index is 10.9. The molecule has 0 aromatic carbocycles. The highest BCUT2D eigenvalue weighted by molar-refractivity contribution is 5.72. The van der Waals surface area contributed by atoms with Crippen molar-refractivity contribution in [1.29, 1.82) is 0 Å². The third-order valence-electron chi connectivity index (χ3n) is 2.93. The van der Waals surface area contributed by atoms with Crippen LogP contribution in [0.15, 0.2) is 18.6 Å². The number of hydrogen-bond acceptors (Lipinski definition) is 4. The van der Waals surface area contributed by atoms with Crippen molar-refractivity contribution in [1.82, 2.24) is 9.97 Å². The Hall–Kier alpha value is -1.65. The largest absolute Gasteiger partial charge is 0.481 e. The standard InChI is InChI=1S/C10H13N3O2/c1-7-8(10(14)15)3-5-13(7)9-2-4-11-6-12-9/h2,4,6-8H,3,5H2,1H3,(H,14,15)/t7-,8+/m1/s1. The summed E-state index contributed by atoms with van der Waals surface area (Å²) in [7, 11) is 0. The summed E-state index contributed by atoms with van der Waals surface area (Å²) in [6.07, 6.45) is 3.83. The second-order valence-electron chi connectivity index (χ2n) is 3.73. The van der Waals surface area contributed by atoms with Gasteiger partial charge in [-0.15, -0.1) is 0 Å². The lowest BCUT2D eigenvalue weighted by atomic mass is 10.0. The number of carboxylic acids is 1. The van der Waals surface area contributed by atoms with E-state index < -0.39 is 5.97 Å². The summed E-state index contributed by atoms with van der Waals surface area (Å²) in [6.45, 7) is 2.67. The summed E-state index contributed by atoms with van der Waals surface area (Å²) >= 11 is 0. The van der Waals surface area contributed by atoms with Gasteiger partial charge in [0, 0.05) is 18.8 Å². The Balaban J connectivity index is 2.17. The zero-order valence-electron chi connectivity index (χ0n) is 8.50. The molecule has 2 heterocycles. The Morgan fingerprint density at radius 1 is 1.67 bits per heavy atom. The van der Waals surface area contributed by atoms with Crippen LogP contribution >= 0.6 is 0 Å². The molecule has 5 nitrogen and oxygen atoms in total. The van der Waals surface area contributed by atoms with Crippen LogP contribution in [-0.2, 0) is 4.79 Å².